The van der Waals surface area contributed by atoms with Crippen molar-refractivity contribution in [2.75, 3.05) is 20.8 Å². The van der Waals surface area contributed by atoms with E-state index < -0.39 is 11.6 Å². The standard InChI is InChI=1S/C28H27N3O6/c1-5-11-36-20-8-6-7-18(12-20)16-30-22-14-21-17(2)29-37-25(21)15-23(22)31(28(30)33)27(32)19-9-10-24(34-3)26(13-19)35-4/h6-10,12-15H,5,11,16H2,1-4H3. The second-order valence-electron chi connectivity index (χ2n) is 8.68. The van der Waals surface area contributed by atoms with Crippen molar-refractivity contribution < 1.29 is 23.5 Å². The molecule has 0 aliphatic rings. The summed E-state index contributed by atoms with van der Waals surface area (Å²) in [7, 11) is 3.01. The highest BCUT2D eigenvalue weighted by Gasteiger charge is 2.23. The Morgan fingerprint density at radius 1 is 1.00 bits per heavy atom. The number of methoxy groups -OCH3 is 2. The van der Waals surface area contributed by atoms with Crippen LogP contribution in [0.1, 0.15) is 35.0 Å². The molecule has 37 heavy (non-hydrogen) atoms. The first-order chi connectivity index (χ1) is 17.9. The monoisotopic (exact) mass is 501 g/mol. The molecule has 9 nitrogen and oxygen atoms in total. The second-order valence-corrected chi connectivity index (χ2v) is 8.68. The van der Waals surface area contributed by atoms with Gasteiger partial charge in [-0.3, -0.25) is 9.36 Å². The van der Waals surface area contributed by atoms with E-state index >= 15 is 0 Å². The van der Waals surface area contributed by atoms with E-state index in [-0.39, 0.29) is 12.1 Å². The van der Waals surface area contributed by atoms with Crippen molar-refractivity contribution in [3.8, 4) is 17.2 Å². The summed E-state index contributed by atoms with van der Waals surface area (Å²) in [5.41, 5.74) is 2.89. The van der Waals surface area contributed by atoms with Crippen molar-refractivity contribution in [1.29, 1.82) is 0 Å². The molecule has 2 heterocycles. The van der Waals surface area contributed by atoms with E-state index in [1.807, 2.05) is 44.2 Å². The predicted molar refractivity (Wildman–Crippen MR) is 139 cm³/mol. The minimum atomic E-state index is -0.495. The van der Waals surface area contributed by atoms with Gasteiger partial charge in [-0.25, -0.2) is 9.36 Å². The van der Waals surface area contributed by atoms with Crippen LogP contribution in [-0.2, 0) is 6.54 Å². The SMILES string of the molecule is CCCOc1cccc(Cn2c(=O)n(C(=O)c3ccc(OC)c(OC)c3)c3cc4onc(C)c4cc32)c1. The molecule has 0 aliphatic heterocycles. The van der Waals surface area contributed by atoms with Crippen LogP contribution in [0.5, 0.6) is 17.2 Å². The first-order valence-corrected chi connectivity index (χ1v) is 11.9. The van der Waals surface area contributed by atoms with Gasteiger partial charge in [0.25, 0.3) is 5.91 Å². The number of carbonyl (C=O) groups is 1. The minimum absolute atomic E-state index is 0.251. The highest BCUT2D eigenvalue weighted by molar-refractivity contribution is 6.04. The van der Waals surface area contributed by atoms with E-state index in [1.165, 1.54) is 14.2 Å². The number of benzene rings is 3. The second kappa shape index (κ2) is 9.85. The minimum Gasteiger partial charge on any atom is -0.494 e. The Hall–Kier alpha value is -4.53. The summed E-state index contributed by atoms with van der Waals surface area (Å²) in [4.78, 5) is 27.5. The average Bonchev–Trinajstić information content (AvgIpc) is 3.41. The number of hydrogen-bond acceptors (Lipinski definition) is 7. The Morgan fingerprint density at radius 3 is 2.57 bits per heavy atom. The third-order valence-corrected chi connectivity index (χ3v) is 6.25. The molecule has 0 bridgehead atoms. The van der Waals surface area contributed by atoms with Crippen LogP contribution in [0.15, 0.2) is 63.9 Å². The van der Waals surface area contributed by atoms with Crippen molar-refractivity contribution in [2.45, 2.75) is 26.8 Å². The van der Waals surface area contributed by atoms with Crippen LogP contribution in [-0.4, -0.2) is 41.0 Å². The Morgan fingerprint density at radius 2 is 1.81 bits per heavy atom. The van der Waals surface area contributed by atoms with Gasteiger partial charge in [-0.1, -0.05) is 24.2 Å². The molecule has 0 N–H and O–H groups in total. The molecule has 0 spiro atoms. The van der Waals surface area contributed by atoms with Gasteiger partial charge >= 0.3 is 5.69 Å². The third-order valence-electron chi connectivity index (χ3n) is 6.25. The molecule has 0 aliphatic carbocycles. The number of imidazole rings is 1. The zero-order chi connectivity index (χ0) is 26.1. The van der Waals surface area contributed by atoms with Crippen LogP contribution >= 0.6 is 0 Å². The lowest BCUT2D eigenvalue weighted by Gasteiger charge is -2.09. The van der Waals surface area contributed by atoms with Gasteiger partial charge in [0.2, 0.25) is 0 Å². The van der Waals surface area contributed by atoms with Gasteiger partial charge < -0.3 is 18.7 Å². The Balaban J connectivity index is 1.67. The quantitative estimate of drug-likeness (QED) is 0.301. The van der Waals surface area contributed by atoms with Gasteiger partial charge in [-0.05, 0) is 55.3 Å². The van der Waals surface area contributed by atoms with Crippen LogP contribution in [0, 0.1) is 6.92 Å². The van der Waals surface area contributed by atoms with Gasteiger partial charge in [-0.15, -0.1) is 0 Å². The van der Waals surface area contributed by atoms with Gasteiger partial charge in [0, 0.05) is 17.0 Å². The number of carbonyl (C=O) groups excluding carboxylic acids is 1. The summed E-state index contributed by atoms with van der Waals surface area (Å²) in [5, 5.41) is 4.82. The Kier molecular flexibility index (Phi) is 6.43. The molecule has 0 radical (unpaired) electrons. The molecule has 190 valence electrons. The van der Waals surface area contributed by atoms with Gasteiger partial charge in [0.15, 0.2) is 17.1 Å². The topological polar surface area (TPSA) is 97.7 Å². The zero-order valence-corrected chi connectivity index (χ0v) is 21.1. The number of aromatic nitrogens is 3. The number of ether oxygens (including phenoxy) is 3. The van der Waals surface area contributed by atoms with Crippen LogP contribution in [0.3, 0.4) is 0 Å². The molecule has 0 atom stereocenters. The highest BCUT2D eigenvalue weighted by atomic mass is 16.5. The summed E-state index contributed by atoms with van der Waals surface area (Å²) in [6, 6.07) is 15.9. The lowest BCUT2D eigenvalue weighted by molar-refractivity contribution is 0.0959. The van der Waals surface area contributed by atoms with Crippen LogP contribution in [0.2, 0.25) is 0 Å². The zero-order valence-electron chi connectivity index (χ0n) is 21.1. The summed E-state index contributed by atoms with van der Waals surface area (Å²) in [5.74, 6) is 1.11. The molecule has 0 saturated carbocycles. The first-order valence-electron chi connectivity index (χ1n) is 11.9. The van der Waals surface area contributed by atoms with E-state index in [1.54, 1.807) is 28.8 Å². The predicted octanol–water partition coefficient (Wildman–Crippen LogP) is 4.80. The molecule has 2 aromatic heterocycles. The lowest BCUT2D eigenvalue weighted by atomic mass is 10.1. The average molecular weight is 502 g/mol. The van der Waals surface area contributed by atoms with E-state index in [0.29, 0.717) is 40.4 Å². The fourth-order valence-corrected chi connectivity index (χ4v) is 4.39. The maximum Gasteiger partial charge on any atom is 0.336 e. The molecule has 0 saturated heterocycles. The van der Waals surface area contributed by atoms with Crippen molar-refractivity contribution in [1.82, 2.24) is 14.3 Å². The molecular formula is C28H27N3O6. The maximum atomic E-state index is 13.8. The molecule has 9 heteroatoms. The first kappa shape index (κ1) is 24.2. The Bertz CT molecular complexity index is 1680. The van der Waals surface area contributed by atoms with Crippen molar-refractivity contribution >= 4 is 27.9 Å². The lowest BCUT2D eigenvalue weighted by Crippen LogP contribution is -2.29. The molecule has 0 unspecified atom stereocenters. The van der Waals surface area contributed by atoms with Crippen molar-refractivity contribution in [2.24, 2.45) is 0 Å². The van der Waals surface area contributed by atoms with Gasteiger partial charge in [0.05, 0.1) is 44.1 Å². The number of fused-ring (bicyclic) bond motifs is 2. The van der Waals surface area contributed by atoms with Crippen molar-refractivity contribution in [3.05, 3.63) is 81.9 Å². The van der Waals surface area contributed by atoms with Crippen LogP contribution < -0.4 is 19.9 Å². The molecule has 0 amide bonds. The summed E-state index contributed by atoms with van der Waals surface area (Å²) >= 11 is 0. The highest BCUT2D eigenvalue weighted by Crippen LogP contribution is 2.30. The molecule has 5 aromatic rings. The number of rotatable bonds is 8. The molecule has 5 rings (SSSR count). The van der Waals surface area contributed by atoms with E-state index in [2.05, 4.69) is 5.16 Å². The smallest absolute Gasteiger partial charge is 0.336 e. The summed E-state index contributed by atoms with van der Waals surface area (Å²) in [6.07, 6.45) is 0.892. The summed E-state index contributed by atoms with van der Waals surface area (Å²) < 4.78 is 24.6. The van der Waals surface area contributed by atoms with Crippen LogP contribution in [0.25, 0.3) is 22.0 Å². The molecule has 3 aromatic carbocycles. The fraction of sp³-hybridized carbons (Fsp3) is 0.250. The van der Waals surface area contributed by atoms with Gasteiger partial charge in [-0.2, -0.15) is 0 Å². The van der Waals surface area contributed by atoms with E-state index in [0.717, 1.165) is 27.7 Å². The fourth-order valence-electron chi connectivity index (χ4n) is 4.39. The van der Waals surface area contributed by atoms with Crippen LogP contribution in [0.4, 0.5) is 0 Å². The molecule has 0 fully saturated rings. The van der Waals surface area contributed by atoms with E-state index in [4.69, 9.17) is 18.7 Å². The molecular weight excluding hydrogens is 474 g/mol. The number of hydrogen-bond donors (Lipinski definition) is 0. The Labute approximate surface area is 212 Å². The largest absolute Gasteiger partial charge is 0.494 e. The normalized spacial score (nSPS) is 11.2. The number of aryl methyl sites for hydroxylation is 1. The van der Waals surface area contributed by atoms with E-state index in [9.17, 15) is 9.59 Å². The van der Waals surface area contributed by atoms with Crippen molar-refractivity contribution in [3.63, 3.8) is 0 Å². The number of nitrogens with zero attached hydrogens (tertiary/aromatic N) is 3. The summed E-state index contributed by atoms with van der Waals surface area (Å²) in [6.45, 7) is 4.73. The van der Waals surface area contributed by atoms with Gasteiger partial charge in [0.1, 0.15) is 5.75 Å². The maximum absolute atomic E-state index is 13.8. The third kappa shape index (κ3) is 4.33.